The van der Waals surface area contributed by atoms with Crippen molar-refractivity contribution in [3.8, 4) is 5.69 Å². The lowest BCUT2D eigenvalue weighted by Crippen LogP contribution is -2.65. The van der Waals surface area contributed by atoms with Crippen LogP contribution >= 0.6 is 0 Å². The van der Waals surface area contributed by atoms with Crippen LogP contribution in [0.15, 0.2) is 24.3 Å². The molecule has 2 fully saturated rings. The zero-order valence-electron chi connectivity index (χ0n) is 15.4. The predicted molar refractivity (Wildman–Crippen MR) is 96.8 cm³/mol. The van der Waals surface area contributed by atoms with E-state index >= 15 is 0 Å². The molecule has 2 saturated heterocycles. The van der Waals surface area contributed by atoms with Gasteiger partial charge in [-0.25, -0.2) is 9.07 Å². The van der Waals surface area contributed by atoms with E-state index in [1.165, 1.54) is 12.1 Å². The average Bonchev–Trinajstić information content (AvgIpc) is 2.97. The first-order valence-corrected chi connectivity index (χ1v) is 9.04. The molecule has 8 heteroatoms. The molecule has 1 aromatic heterocycles. The van der Waals surface area contributed by atoms with E-state index in [0.717, 1.165) is 22.6 Å². The molecule has 2 aliphatic rings. The van der Waals surface area contributed by atoms with Crippen LogP contribution in [-0.2, 0) is 16.1 Å². The van der Waals surface area contributed by atoms with Gasteiger partial charge in [-0.3, -0.25) is 14.5 Å². The molecule has 2 aliphatic heterocycles. The number of benzene rings is 1. The smallest absolute Gasteiger partial charge is 0.244 e. The molecular weight excluding hydrogens is 349 g/mol. The maximum absolute atomic E-state index is 13.9. The van der Waals surface area contributed by atoms with Crippen LogP contribution in [0.3, 0.4) is 0 Å². The Morgan fingerprint density at radius 2 is 2.04 bits per heavy atom. The topological polar surface area (TPSA) is 70.5 Å². The summed E-state index contributed by atoms with van der Waals surface area (Å²) >= 11 is 0. The predicted octanol–water partition coefficient (Wildman–Crippen LogP) is 0.771. The highest BCUT2D eigenvalue weighted by Crippen LogP contribution is 2.22. The number of nitrogens with one attached hydrogen (secondary N) is 1. The molecule has 7 nitrogen and oxygen atoms in total. The number of aromatic nitrogens is 2. The minimum atomic E-state index is -0.481. The van der Waals surface area contributed by atoms with Gasteiger partial charge in [-0.05, 0) is 43.7 Å². The van der Waals surface area contributed by atoms with Gasteiger partial charge in [0, 0.05) is 31.9 Å². The van der Waals surface area contributed by atoms with Gasteiger partial charge in [0.15, 0.2) is 0 Å². The number of nitrogens with zero attached hydrogens (tertiary/aromatic N) is 4. The first-order valence-electron chi connectivity index (χ1n) is 9.04. The van der Waals surface area contributed by atoms with Crippen molar-refractivity contribution in [1.82, 2.24) is 24.9 Å². The monoisotopic (exact) mass is 371 g/mol. The SMILES string of the molecule is Cc1cc(C)n(-c2ccc(F)cc2CN2CCN3C(=O)CNC(=O)[C@H]3C2)n1. The van der Waals surface area contributed by atoms with E-state index in [2.05, 4.69) is 15.3 Å². The quantitative estimate of drug-likeness (QED) is 0.865. The fourth-order valence-electron chi connectivity index (χ4n) is 3.89. The van der Waals surface area contributed by atoms with Crippen LogP contribution in [0, 0.1) is 19.7 Å². The molecule has 0 radical (unpaired) electrons. The molecule has 0 spiro atoms. The van der Waals surface area contributed by atoms with Gasteiger partial charge in [-0.1, -0.05) is 0 Å². The Morgan fingerprint density at radius 3 is 2.78 bits per heavy atom. The van der Waals surface area contributed by atoms with Crippen LogP contribution in [0.25, 0.3) is 5.69 Å². The number of carbonyl (C=O) groups is 2. The summed E-state index contributed by atoms with van der Waals surface area (Å²) in [6, 6.07) is 6.18. The first-order chi connectivity index (χ1) is 12.9. The minimum Gasteiger partial charge on any atom is -0.345 e. The molecule has 27 heavy (non-hydrogen) atoms. The third kappa shape index (κ3) is 3.32. The van der Waals surface area contributed by atoms with Crippen molar-refractivity contribution in [3.63, 3.8) is 0 Å². The largest absolute Gasteiger partial charge is 0.345 e. The summed E-state index contributed by atoms with van der Waals surface area (Å²) in [5.41, 5.74) is 3.50. The Kier molecular flexibility index (Phi) is 4.43. The summed E-state index contributed by atoms with van der Waals surface area (Å²) in [6.07, 6.45) is 0. The lowest BCUT2D eigenvalue weighted by molar-refractivity contribution is -0.149. The number of hydrogen-bond donors (Lipinski definition) is 1. The maximum atomic E-state index is 13.9. The first kappa shape index (κ1) is 17.7. The average molecular weight is 371 g/mol. The van der Waals surface area contributed by atoms with Gasteiger partial charge in [0.2, 0.25) is 11.8 Å². The highest BCUT2D eigenvalue weighted by Gasteiger charge is 2.38. The van der Waals surface area contributed by atoms with Gasteiger partial charge in [-0.15, -0.1) is 0 Å². The number of piperazine rings is 2. The van der Waals surface area contributed by atoms with E-state index < -0.39 is 6.04 Å². The van der Waals surface area contributed by atoms with Gasteiger partial charge >= 0.3 is 0 Å². The molecule has 142 valence electrons. The number of halogens is 1. The molecular formula is C19H22FN5O2. The zero-order chi connectivity index (χ0) is 19.1. The van der Waals surface area contributed by atoms with E-state index in [0.29, 0.717) is 26.2 Å². The van der Waals surface area contributed by atoms with Gasteiger partial charge < -0.3 is 10.2 Å². The third-order valence-corrected chi connectivity index (χ3v) is 5.17. The number of fused-ring (bicyclic) bond motifs is 1. The van der Waals surface area contributed by atoms with E-state index in [9.17, 15) is 14.0 Å². The van der Waals surface area contributed by atoms with Crippen molar-refractivity contribution in [3.05, 3.63) is 47.0 Å². The Bertz CT molecular complexity index is 910. The minimum absolute atomic E-state index is 0.0478. The Hall–Kier alpha value is -2.74. The summed E-state index contributed by atoms with van der Waals surface area (Å²) in [7, 11) is 0. The lowest BCUT2D eigenvalue weighted by atomic mass is 10.1. The van der Waals surface area contributed by atoms with Crippen LogP contribution in [0.1, 0.15) is 17.0 Å². The Labute approximate surface area is 156 Å². The van der Waals surface area contributed by atoms with Crippen LogP contribution < -0.4 is 5.32 Å². The third-order valence-electron chi connectivity index (χ3n) is 5.17. The molecule has 1 N–H and O–H groups in total. The van der Waals surface area contributed by atoms with Gasteiger partial charge in [0.25, 0.3) is 0 Å². The molecule has 1 atom stereocenters. The number of rotatable bonds is 3. The van der Waals surface area contributed by atoms with E-state index in [1.807, 2.05) is 24.6 Å². The van der Waals surface area contributed by atoms with Gasteiger partial charge in [-0.2, -0.15) is 5.10 Å². The number of carbonyl (C=O) groups excluding carboxylic acids is 2. The van der Waals surface area contributed by atoms with Crippen molar-refractivity contribution < 1.29 is 14.0 Å². The van der Waals surface area contributed by atoms with Crippen LogP contribution in [0.4, 0.5) is 4.39 Å². The second-order valence-corrected chi connectivity index (χ2v) is 7.17. The standard InChI is InChI=1S/C19H22FN5O2/c1-12-7-13(2)25(22-12)16-4-3-15(20)8-14(16)10-23-5-6-24-17(11-23)19(27)21-9-18(24)26/h3-4,7-8,17H,5-6,9-11H2,1-2H3,(H,21,27)/t17-/m1/s1. The van der Waals surface area contributed by atoms with Crippen LogP contribution in [-0.4, -0.2) is 63.6 Å². The number of aryl methyl sites for hydroxylation is 2. The Balaban J connectivity index is 1.60. The molecule has 2 amide bonds. The summed E-state index contributed by atoms with van der Waals surface area (Å²) in [6.45, 7) is 6.02. The second-order valence-electron chi connectivity index (χ2n) is 7.17. The Morgan fingerprint density at radius 1 is 1.22 bits per heavy atom. The fraction of sp³-hybridized carbons (Fsp3) is 0.421. The van der Waals surface area contributed by atoms with E-state index in [1.54, 1.807) is 11.0 Å². The molecule has 4 rings (SSSR count). The van der Waals surface area contributed by atoms with Crippen molar-refractivity contribution in [2.45, 2.75) is 26.4 Å². The van der Waals surface area contributed by atoms with Gasteiger partial charge in [0.05, 0.1) is 17.9 Å². The highest BCUT2D eigenvalue weighted by molar-refractivity contribution is 5.95. The van der Waals surface area contributed by atoms with Gasteiger partial charge in [0.1, 0.15) is 11.9 Å². The van der Waals surface area contributed by atoms with Crippen molar-refractivity contribution in [1.29, 1.82) is 0 Å². The summed E-state index contributed by atoms with van der Waals surface area (Å²) in [4.78, 5) is 27.9. The summed E-state index contributed by atoms with van der Waals surface area (Å²) < 4.78 is 15.8. The van der Waals surface area contributed by atoms with Crippen molar-refractivity contribution >= 4 is 11.8 Å². The van der Waals surface area contributed by atoms with Crippen LogP contribution in [0.2, 0.25) is 0 Å². The van der Waals surface area contributed by atoms with Crippen molar-refractivity contribution in [2.75, 3.05) is 26.2 Å². The molecule has 0 aliphatic carbocycles. The number of amides is 2. The molecule has 2 aromatic rings. The molecule has 0 saturated carbocycles. The normalized spacial score (nSPS) is 20.6. The lowest BCUT2D eigenvalue weighted by Gasteiger charge is -2.43. The van der Waals surface area contributed by atoms with E-state index in [-0.39, 0.29) is 24.2 Å². The summed E-state index contributed by atoms with van der Waals surface area (Å²) in [5, 5.41) is 7.15. The second kappa shape index (κ2) is 6.77. The molecule has 3 heterocycles. The molecule has 0 unspecified atom stereocenters. The summed E-state index contributed by atoms with van der Waals surface area (Å²) in [5.74, 6) is -0.481. The fourth-order valence-corrected chi connectivity index (χ4v) is 3.89. The van der Waals surface area contributed by atoms with E-state index in [4.69, 9.17) is 0 Å². The van der Waals surface area contributed by atoms with Crippen molar-refractivity contribution in [2.24, 2.45) is 0 Å². The molecule has 0 bridgehead atoms. The van der Waals surface area contributed by atoms with Crippen LogP contribution in [0.5, 0.6) is 0 Å². The highest BCUT2D eigenvalue weighted by atomic mass is 19.1. The molecule has 1 aromatic carbocycles. The number of hydrogen-bond acceptors (Lipinski definition) is 4. The maximum Gasteiger partial charge on any atom is 0.244 e. The zero-order valence-corrected chi connectivity index (χ0v) is 15.4.